The van der Waals surface area contributed by atoms with Crippen molar-refractivity contribution in [2.24, 2.45) is 0 Å². The lowest BCUT2D eigenvalue weighted by Crippen LogP contribution is -2.32. The Morgan fingerprint density at radius 1 is 1.23 bits per heavy atom. The van der Waals surface area contributed by atoms with Crippen LogP contribution in [0.2, 0.25) is 10.0 Å². The molecule has 0 fully saturated rings. The lowest BCUT2D eigenvalue weighted by atomic mass is 10.2. The van der Waals surface area contributed by atoms with Crippen molar-refractivity contribution in [1.29, 1.82) is 0 Å². The lowest BCUT2D eigenvalue weighted by Gasteiger charge is -2.19. The molecule has 3 nitrogen and oxygen atoms in total. The molecule has 1 atom stereocenters. The number of aryl methyl sites for hydroxylation is 1. The molecule has 0 radical (unpaired) electrons. The van der Waals surface area contributed by atoms with Gasteiger partial charge in [0.1, 0.15) is 5.75 Å². The number of para-hydroxylation sites is 1. The minimum Gasteiger partial charge on any atom is -0.480 e. The van der Waals surface area contributed by atoms with Crippen molar-refractivity contribution in [1.82, 2.24) is 0 Å². The predicted octanol–water partition coefficient (Wildman–Crippen LogP) is 5.10. The number of carbonyl (C=O) groups is 1. The quantitative estimate of drug-likeness (QED) is 0.824. The van der Waals surface area contributed by atoms with E-state index in [4.69, 9.17) is 27.9 Å². The molecule has 1 N–H and O–H groups in total. The molecule has 0 aliphatic rings. The molecule has 0 spiro atoms. The monoisotopic (exact) mass is 337 g/mol. The maximum Gasteiger partial charge on any atom is 0.265 e. The van der Waals surface area contributed by atoms with E-state index in [0.29, 0.717) is 27.9 Å². The van der Waals surface area contributed by atoms with Crippen LogP contribution in [0.3, 0.4) is 0 Å². The van der Waals surface area contributed by atoms with Crippen LogP contribution in [-0.2, 0) is 4.79 Å². The molecule has 0 aromatic heterocycles. The van der Waals surface area contributed by atoms with Gasteiger partial charge in [0, 0.05) is 5.02 Å². The number of hydrogen-bond donors (Lipinski definition) is 1. The first-order valence-corrected chi connectivity index (χ1v) is 7.75. The van der Waals surface area contributed by atoms with Crippen LogP contribution in [0.5, 0.6) is 5.75 Å². The first kappa shape index (κ1) is 16.7. The van der Waals surface area contributed by atoms with E-state index >= 15 is 0 Å². The summed E-state index contributed by atoms with van der Waals surface area (Å²) in [6, 6.07) is 12.5. The Hall–Kier alpha value is -1.71. The second-order valence-electron chi connectivity index (χ2n) is 4.89. The zero-order valence-corrected chi connectivity index (χ0v) is 13.9. The van der Waals surface area contributed by atoms with Gasteiger partial charge in [-0.3, -0.25) is 4.79 Å². The Morgan fingerprint density at radius 3 is 2.64 bits per heavy atom. The van der Waals surface area contributed by atoms with Crippen molar-refractivity contribution >= 4 is 34.8 Å². The number of carbonyl (C=O) groups excluding carboxylic acids is 1. The Bertz CT molecular complexity index is 673. The first-order chi connectivity index (χ1) is 10.5. The van der Waals surface area contributed by atoms with Gasteiger partial charge in [-0.15, -0.1) is 0 Å². The fraction of sp³-hybridized carbons (Fsp3) is 0.235. The van der Waals surface area contributed by atoms with E-state index in [2.05, 4.69) is 5.32 Å². The lowest BCUT2D eigenvalue weighted by molar-refractivity contribution is -0.122. The van der Waals surface area contributed by atoms with Crippen molar-refractivity contribution in [3.8, 4) is 5.75 Å². The van der Waals surface area contributed by atoms with E-state index in [0.717, 1.165) is 5.56 Å². The minimum absolute atomic E-state index is 0.255. The minimum atomic E-state index is -0.601. The van der Waals surface area contributed by atoms with Gasteiger partial charge in [-0.05, 0) is 43.2 Å². The molecule has 116 valence electrons. The zero-order valence-electron chi connectivity index (χ0n) is 12.4. The molecular formula is C17H17Cl2NO2. The number of nitrogens with one attached hydrogen (secondary N) is 1. The molecule has 2 aromatic carbocycles. The summed E-state index contributed by atoms with van der Waals surface area (Å²) in [5, 5.41) is 3.70. The Kier molecular flexibility index (Phi) is 5.69. The molecule has 5 heteroatoms. The van der Waals surface area contributed by atoms with Crippen LogP contribution in [0.15, 0.2) is 42.5 Å². The maximum atomic E-state index is 12.4. The summed E-state index contributed by atoms with van der Waals surface area (Å²) >= 11 is 12.0. The molecule has 0 aliphatic carbocycles. The highest BCUT2D eigenvalue weighted by molar-refractivity contribution is 6.35. The molecule has 0 saturated heterocycles. The Morgan fingerprint density at radius 2 is 1.95 bits per heavy atom. The van der Waals surface area contributed by atoms with Gasteiger partial charge in [0.25, 0.3) is 5.91 Å². The van der Waals surface area contributed by atoms with E-state index in [1.54, 1.807) is 18.2 Å². The van der Waals surface area contributed by atoms with E-state index < -0.39 is 6.10 Å². The molecule has 0 aliphatic heterocycles. The van der Waals surface area contributed by atoms with Gasteiger partial charge >= 0.3 is 0 Å². The molecule has 1 amide bonds. The highest BCUT2D eigenvalue weighted by atomic mass is 35.5. The van der Waals surface area contributed by atoms with Gasteiger partial charge in [0.15, 0.2) is 6.10 Å². The van der Waals surface area contributed by atoms with Crippen LogP contribution >= 0.6 is 23.2 Å². The van der Waals surface area contributed by atoms with Crippen molar-refractivity contribution in [2.75, 3.05) is 5.32 Å². The largest absolute Gasteiger partial charge is 0.480 e. The second-order valence-corrected chi connectivity index (χ2v) is 5.74. The normalized spacial score (nSPS) is 11.8. The van der Waals surface area contributed by atoms with Gasteiger partial charge in [-0.1, -0.05) is 48.3 Å². The molecule has 0 saturated carbocycles. The summed E-state index contributed by atoms with van der Waals surface area (Å²) in [7, 11) is 0. The highest BCUT2D eigenvalue weighted by Crippen LogP contribution is 2.26. The van der Waals surface area contributed by atoms with Crippen LogP contribution in [0.4, 0.5) is 5.69 Å². The molecule has 0 bridgehead atoms. The van der Waals surface area contributed by atoms with E-state index in [-0.39, 0.29) is 5.91 Å². The molecule has 2 aromatic rings. The Labute approximate surface area is 140 Å². The highest BCUT2D eigenvalue weighted by Gasteiger charge is 2.20. The van der Waals surface area contributed by atoms with E-state index in [9.17, 15) is 4.79 Å². The first-order valence-electron chi connectivity index (χ1n) is 6.99. The molecule has 22 heavy (non-hydrogen) atoms. The van der Waals surface area contributed by atoms with Crippen LogP contribution in [0.25, 0.3) is 0 Å². The topological polar surface area (TPSA) is 38.3 Å². The number of anilines is 1. The van der Waals surface area contributed by atoms with Crippen molar-refractivity contribution in [3.63, 3.8) is 0 Å². The fourth-order valence-corrected chi connectivity index (χ4v) is 2.31. The maximum absolute atomic E-state index is 12.4. The fourth-order valence-electron chi connectivity index (χ4n) is 1.97. The number of halogens is 2. The SMILES string of the molecule is CCC(Oc1ccccc1C)C(=O)Nc1cc(Cl)ccc1Cl. The number of ether oxygens (including phenoxy) is 1. The standard InChI is InChI=1S/C17H17Cl2NO2/c1-3-15(22-16-7-5-4-6-11(16)2)17(21)20-14-10-12(18)8-9-13(14)19/h4-10,15H,3H2,1-2H3,(H,20,21). The number of benzene rings is 2. The van der Waals surface area contributed by atoms with Crippen molar-refractivity contribution < 1.29 is 9.53 Å². The molecule has 2 rings (SSSR count). The molecular weight excluding hydrogens is 321 g/mol. The van der Waals surface area contributed by atoms with Gasteiger partial charge in [0.05, 0.1) is 10.7 Å². The average Bonchev–Trinajstić information content (AvgIpc) is 2.50. The van der Waals surface area contributed by atoms with Gasteiger partial charge in [-0.25, -0.2) is 0 Å². The predicted molar refractivity (Wildman–Crippen MR) is 91.0 cm³/mol. The van der Waals surface area contributed by atoms with E-state index in [1.165, 1.54) is 0 Å². The summed E-state index contributed by atoms with van der Waals surface area (Å²) in [6.07, 6.45) is -0.0608. The third kappa shape index (κ3) is 4.15. The van der Waals surface area contributed by atoms with Crippen LogP contribution in [0.1, 0.15) is 18.9 Å². The van der Waals surface area contributed by atoms with Gasteiger partial charge in [-0.2, -0.15) is 0 Å². The summed E-state index contributed by atoms with van der Waals surface area (Å²) in [4.78, 5) is 12.4. The van der Waals surface area contributed by atoms with Crippen LogP contribution < -0.4 is 10.1 Å². The second kappa shape index (κ2) is 7.52. The van der Waals surface area contributed by atoms with E-state index in [1.807, 2.05) is 38.1 Å². The summed E-state index contributed by atoms with van der Waals surface area (Å²) in [5.74, 6) is 0.441. The summed E-state index contributed by atoms with van der Waals surface area (Å²) in [5.41, 5.74) is 1.46. The van der Waals surface area contributed by atoms with Gasteiger partial charge < -0.3 is 10.1 Å². The number of rotatable bonds is 5. The van der Waals surface area contributed by atoms with Crippen LogP contribution in [0, 0.1) is 6.92 Å². The number of hydrogen-bond acceptors (Lipinski definition) is 2. The third-order valence-corrected chi connectivity index (χ3v) is 3.78. The van der Waals surface area contributed by atoms with Gasteiger partial charge in [0.2, 0.25) is 0 Å². The molecule has 1 unspecified atom stereocenters. The number of amides is 1. The Balaban J connectivity index is 2.12. The average molecular weight is 338 g/mol. The van der Waals surface area contributed by atoms with Crippen molar-refractivity contribution in [3.05, 3.63) is 58.1 Å². The zero-order chi connectivity index (χ0) is 16.1. The van der Waals surface area contributed by atoms with Crippen molar-refractivity contribution in [2.45, 2.75) is 26.4 Å². The summed E-state index contributed by atoms with van der Waals surface area (Å²) < 4.78 is 5.81. The smallest absolute Gasteiger partial charge is 0.265 e. The third-order valence-electron chi connectivity index (χ3n) is 3.21. The van der Waals surface area contributed by atoms with Crippen LogP contribution in [-0.4, -0.2) is 12.0 Å². The summed E-state index contributed by atoms with van der Waals surface area (Å²) in [6.45, 7) is 3.83. The molecule has 0 heterocycles.